The molecule has 2 N–H and O–H groups in total. The molecule has 0 aromatic carbocycles. The van der Waals surface area contributed by atoms with Gasteiger partial charge in [0.05, 0.1) is 29.3 Å². The number of aliphatic carboxylic acids is 1. The molecule has 0 bridgehead atoms. The maximum absolute atomic E-state index is 12.6. The van der Waals surface area contributed by atoms with Gasteiger partial charge in [0.1, 0.15) is 0 Å². The van der Waals surface area contributed by atoms with Gasteiger partial charge in [-0.1, -0.05) is 12.8 Å². The Hall–Kier alpha value is -1.85. The summed E-state index contributed by atoms with van der Waals surface area (Å²) in [5.41, 5.74) is 0.508. The highest BCUT2D eigenvalue weighted by molar-refractivity contribution is 5.95. The number of carboxylic acid groups (broad SMARTS) is 1. The third-order valence-corrected chi connectivity index (χ3v) is 4.32. The van der Waals surface area contributed by atoms with Gasteiger partial charge in [-0.2, -0.15) is 5.10 Å². The molecule has 0 spiro atoms. The van der Waals surface area contributed by atoms with Crippen LogP contribution in [0.25, 0.3) is 0 Å². The molecule has 1 fully saturated rings. The van der Waals surface area contributed by atoms with Crippen LogP contribution in [0.3, 0.4) is 0 Å². The van der Waals surface area contributed by atoms with Gasteiger partial charge in [-0.25, -0.2) is 0 Å². The van der Waals surface area contributed by atoms with E-state index in [0.717, 1.165) is 31.4 Å². The van der Waals surface area contributed by atoms with Crippen LogP contribution in [-0.4, -0.2) is 32.3 Å². The summed E-state index contributed by atoms with van der Waals surface area (Å²) in [6, 6.07) is 0. The van der Waals surface area contributed by atoms with Gasteiger partial charge >= 0.3 is 5.97 Å². The molecule has 0 aliphatic heterocycles. The standard InChI is InChI=1S/C16H25N3O3/c1-11-12(10-17-19(11)15(2,3)4)14(22)18-16(9-13(20)21)7-5-6-8-16/h10H,5-9H2,1-4H3,(H,18,22)(H,20,21). The molecule has 122 valence electrons. The molecule has 1 aromatic heterocycles. The Balaban J connectivity index is 2.21. The minimum absolute atomic E-state index is 0.0226. The van der Waals surface area contributed by atoms with Crippen molar-refractivity contribution in [3.05, 3.63) is 17.5 Å². The average Bonchev–Trinajstić information content (AvgIpc) is 2.94. The number of hydrogen-bond donors (Lipinski definition) is 2. The van der Waals surface area contributed by atoms with Gasteiger partial charge in [0.15, 0.2) is 0 Å². The fraction of sp³-hybridized carbons (Fsp3) is 0.688. The highest BCUT2D eigenvalue weighted by Gasteiger charge is 2.38. The predicted molar refractivity (Wildman–Crippen MR) is 82.9 cm³/mol. The van der Waals surface area contributed by atoms with E-state index in [4.69, 9.17) is 5.11 Å². The Labute approximate surface area is 130 Å². The van der Waals surface area contributed by atoms with E-state index < -0.39 is 11.5 Å². The monoisotopic (exact) mass is 307 g/mol. The maximum Gasteiger partial charge on any atom is 0.305 e. The zero-order valence-corrected chi connectivity index (χ0v) is 13.8. The summed E-state index contributed by atoms with van der Waals surface area (Å²) in [5.74, 6) is -1.10. The van der Waals surface area contributed by atoms with Crippen molar-refractivity contribution in [1.82, 2.24) is 15.1 Å². The lowest BCUT2D eigenvalue weighted by Crippen LogP contribution is -2.48. The molecule has 6 nitrogen and oxygen atoms in total. The van der Waals surface area contributed by atoms with E-state index in [1.165, 1.54) is 0 Å². The van der Waals surface area contributed by atoms with Crippen LogP contribution < -0.4 is 5.32 Å². The summed E-state index contributed by atoms with van der Waals surface area (Å²) in [5, 5.41) is 16.4. The molecular weight excluding hydrogens is 282 g/mol. The number of nitrogens with one attached hydrogen (secondary N) is 1. The molecule has 6 heteroatoms. The number of carbonyl (C=O) groups is 2. The lowest BCUT2D eigenvalue weighted by molar-refractivity contribution is -0.138. The first kappa shape index (κ1) is 16.5. The van der Waals surface area contributed by atoms with Crippen LogP contribution in [0.4, 0.5) is 0 Å². The van der Waals surface area contributed by atoms with E-state index in [1.807, 2.05) is 32.4 Å². The topological polar surface area (TPSA) is 84.2 Å². The molecule has 1 aromatic rings. The summed E-state index contributed by atoms with van der Waals surface area (Å²) >= 11 is 0. The Morgan fingerprint density at radius 2 is 1.95 bits per heavy atom. The maximum atomic E-state index is 12.6. The molecule has 1 amide bonds. The molecule has 0 unspecified atom stereocenters. The minimum atomic E-state index is -0.871. The van der Waals surface area contributed by atoms with Gasteiger partial charge < -0.3 is 10.4 Å². The Bertz CT molecular complexity index is 578. The molecule has 2 rings (SSSR count). The predicted octanol–water partition coefficient (Wildman–Crippen LogP) is 2.46. The van der Waals surface area contributed by atoms with Gasteiger partial charge in [-0.15, -0.1) is 0 Å². The van der Waals surface area contributed by atoms with E-state index in [9.17, 15) is 9.59 Å². The first-order valence-corrected chi connectivity index (χ1v) is 7.74. The van der Waals surface area contributed by atoms with Crippen molar-refractivity contribution in [2.45, 2.75) is 70.9 Å². The number of aromatic nitrogens is 2. The van der Waals surface area contributed by atoms with Gasteiger partial charge in [-0.3, -0.25) is 14.3 Å². The van der Waals surface area contributed by atoms with Crippen LogP contribution in [0, 0.1) is 6.92 Å². The number of rotatable bonds is 4. The second-order valence-corrected chi connectivity index (χ2v) is 7.24. The van der Waals surface area contributed by atoms with Crippen LogP contribution in [0.15, 0.2) is 6.20 Å². The van der Waals surface area contributed by atoms with Crippen molar-refractivity contribution in [3.8, 4) is 0 Å². The molecule has 1 saturated carbocycles. The highest BCUT2D eigenvalue weighted by atomic mass is 16.4. The summed E-state index contributed by atoms with van der Waals surface area (Å²) in [7, 11) is 0. The molecule has 0 atom stereocenters. The SMILES string of the molecule is Cc1c(C(=O)NC2(CC(=O)O)CCCC2)cnn1C(C)(C)C. The van der Waals surface area contributed by atoms with E-state index >= 15 is 0 Å². The van der Waals surface area contributed by atoms with E-state index in [1.54, 1.807) is 6.20 Å². The van der Waals surface area contributed by atoms with E-state index in [0.29, 0.717) is 5.56 Å². The molecule has 0 saturated heterocycles. The van der Waals surface area contributed by atoms with Crippen LogP contribution in [0.5, 0.6) is 0 Å². The van der Waals surface area contributed by atoms with Gasteiger partial charge in [0, 0.05) is 5.69 Å². The van der Waals surface area contributed by atoms with E-state index in [-0.39, 0.29) is 17.9 Å². The lowest BCUT2D eigenvalue weighted by Gasteiger charge is -2.28. The van der Waals surface area contributed by atoms with Gasteiger partial charge in [0.2, 0.25) is 0 Å². The Morgan fingerprint density at radius 3 is 2.41 bits per heavy atom. The Morgan fingerprint density at radius 1 is 1.36 bits per heavy atom. The summed E-state index contributed by atoms with van der Waals surface area (Å²) in [4.78, 5) is 23.7. The fourth-order valence-corrected chi connectivity index (χ4v) is 3.30. The number of amides is 1. The first-order chi connectivity index (χ1) is 10.1. The van der Waals surface area contributed by atoms with Crippen molar-refractivity contribution in [3.63, 3.8) is 0 Å². The van der Waals surface area contributed by atoms with E-state index in [2.05, 4.69) is 10.4 Å². The summed E-state index contributed by atoms with van der Waals surface area (Å²) in [6.07, 6.45) is 4.89. The number of nitrogens with zero attached hydrogens (tertiary/aromatic N) is 2. The second-order valence-electron chi connectivity index (χ2n) is 7.24. The third-order valence-electron chi connectivity index (χ3n) is 4.32. The van der Waals surface area contributed by atoms with Crippen LogP contribution in [0.1, 0.15) is 68.9 Å². The molecule has 0 radical (unpaired) electrons. The fourth-order valence-electron chi connectivity index (χ4n) is 3.30. The normalized spacial score (nSPS) is 17.5. The zero-order valence-electron chi connectivity index (χ0n) is 13.8. The molecule has 1 heterocycles. The highest BCUT2D eigenvalue weighted by Crippen LogP contribution is 2.33. The summed E-state index contributed by atoms with van der Waals surface area (Å²) in [6.45, 7) is 7.94. The zero-order chi connectivity index (χ0) is 16.5. The van der Waals surface area contributed by atoms with Crippen molar-refractivity contribution >= 4 is 11.9 Å². The smallest absolute Gasteiger partial charge is 0.305 e. The molecule has 1 aliphatic carbocycles. The van der Waals surface area contributed by atoms with Crippen molar-refractivity contribution in [1.29, 1.82) is 0 Å². The van der Waals surface area contributed by atoms with Crippen LogP contribution in [0.2, 0.25) is 0 Å². The number of carboxylic acids is 1. The number of hydrogen-bond acceptors (Lipinski definition) is 3. The lowest BCUT2D eigenvalue weighted by atomic mass is 9.92. The largest absolute Gasteiger partial charge is 0.481 e. The Kier molecular flexibility index (Phi) is 4.31. The molecular formula is C16H25N3O3. The van der Waals surface area contributed by atoms with Crippen molar-refractivity contribution in [2.24, 2.45) is 0 Å². The summed E-state index contributed by atoms with van der Waals surface area (Å²) < 4.78 is 1.82. The molecule has 1 aliphatic rings. The average molecular weight is 307 g/mol. The van der Waals surface area contributed by atoms with Crippen LogP contribution >= 0.6 is 0 Å². The third kappa shape index (κ3) is 3.31. The van der Waals surface area contributed by atoms with Crippen molar-refractivity contribution < 1.29 is 14.7 Å². The number of carbonyl (C=O) groups excluding carboxylic acids is 1. The first-order valence-electron chi connectivity index (χ1n) is 7.74. The quantitative estimate of drug-likeness (QED) is 0.895. The van der Waals surface area contributed by atoms with Crippen LogP contribution in [-0.2, 0) is 10.3 Å². The van der Waals surface area contributed by atoms with Crippen molar-refractivity contribution in [2.75, 3.05) is 0 Å². The van der Waals surface area contributed by atoms with Gasteiger partial charge in [0.25, 0.3) is 5.91 Å². The molecule has 22 heavy (non-hydrogen) atoms. The second kappa shape index (κ2) is 5.74. The minimum Gasteiger partial charge on any atom is -0.481 e. The van der Waals surface area contributed by atoms with Gasteiger partial charge in [-0.05, 0) is 40.5 Å².